The normalized spacial score (nSPS) is 11.0. The van der Waals surface area contributed by atoms with Crippen molar-refractivity contribution in [1.82, 2.24) is 10.6 Å². The van der Waals surface area contributed by atoms with E-state index < -0.39 is 0 Å². The molecule has 1 aromatic carbocycles. The number of ether oxygens (including phenoxy) is 2. The van der Waals surface area contributed by atoms with Crippen molar-refractivity contribution in [1.29, 1.82) is 0 Å². The molecule has 0 saturated heterocycles. The highest BCUT2D eigenvalue weighted by Gasteiger charge is 2.12. The molecular formula is C16H27ClIN3O2. The average Bonchev–Trinajstić information content (AvgIpc) is 2.49. The van der Waals surface area contributed by atoms with Crippen LogP contribution in [0.5, 0.6) is 11.5 Å². The van der Waals surface area contributed by atoms with Gasteiger partial charge in [-0.2, -0.15) is 0 Å². The molecule has 132 valence electrons. The van der Waals surface area contributed by atoms with E-state index in [2.05, 4.69) is 29.5 Å². The molecule has 2 N–H and O–H groups in total. The van der Waals surface area contributed by atoms with Gasteiger partial charge >= 0.3 is 0 Å². The molecule has 0 unspecified atom stereocenters. The first-order chi connectivity index (χ1) is 10.5. The number of methoxy groups -OCH3 is 1. The highest BCUT2D eigenvalue weighted by Crippen LogP contribution is 2.36. The molecule has 5 nitrogen and oxygen atoms in total. The molecule has 0 fully saturated rings. The van der Waals surface area contributed by atoms with Crippen molar-refractivity contribution in [3.05, 3.63) is 22.7 Å². The van der Waals surface area contributed by atoms with E-state index in [9.17, 15) is 0 Å². The van der Waals surface area contributed by atoms with Gasteiger partial charge in [0.15, 0.2) is 17.5 Å². The number of aliphatic imine (C=N–C) groups is 1. The van der Waals surface area contributed by atoms with Gasteiger partial charge in [-0.1, -0.05) is 25.4 Å². The predicted molar refractivity (Wildman–Crippen MR) is 108 cm³/mol. The van der Waals surface area contributed by atoms with E-state index in [0.29, 0.717) is 35.6 Å². The highest BCUT2D eigenvalue weighted by atomic mass is 127. The molecule has 1 aromatic rings. The van der Waals surface area contributed by atoms with Gasteiger partial charge < -0.3 is 20.1 Å². The van der Waals surface area contributed by atoms with Gasteiger partial charge in [-0.25, -0.2) is 0 Å². The molecule has 0 radical (unpaired) electrons. The average molecular weight is 456 g/mol. The van der Waals surface area contributed by atoms with Crippen molar-refractivity contribution < 1.29 is 9.47 Å². The van der Waals surface area contributed by atoms with Crippen LogP contribution in [0.1, 0.15) is 26.3 Å². The van der Waals surface area contributed by atoms with Crippen LogP contribution in [0.3, 0.4) is 0 Å². The second-order valence-electron chi connectivity index (χ2n) is 5.24. The molecule has 0 aromatic heterocycles. The lowest BCUT2D eigenvalue weighted by molar-refractivity contribution is 0.311. The lowest BCUT2D eigenvalue weighted by atomic mass is 10.2. The highest BCUT2D eigenvalue weighted by molar-refractivity contribution is 14.0. The van der Waals surface area contributed by atoms with E-state index in [1.54, 1.807) is 14.2 Å². The van der Waals surface area contributed by atoms with Crippen LogP contribution in [0, 0.1) is 5.92 Å². The molecular weight excluding hydrogens is 429 g/mol. The summed E-state index contributed by atoms with van der Waals surface area (Å²) in [5.74, 6) is 2.53. The summed E-state index contributed by atoms with van der Waals surface area (Å²) in [6.45, 7) is 8.22. The minimum Gasteiger partial charge on any atom is -0.493 e. The zero-order chi connectivity index (χ0) is 16.5. The second-order valence-corrected chi connectivity index (χ2v) is 5.65. The second kappa shape index (κ2) is 11.6. The molecule has 23 heavy (non-hydrogen) atoms. The Morgan fingerprint density at radius 2 is 2.00 bits per heavy atom. The van der Waals surface area contributed by atoms with Gasteiger partial charge in [0.1, 0.15) is 0 Å². The summed E-state index contributed by atoms with van der Waals surface area (Å²) < 4.78 is 10.9. The van der Waals surface area contributed by atoms with E-state index >= 15 is 0 Å². The zero-order valence-electron chi connectivity index (χ0n) is 14.4. The first-order valence-electron chi connectivity index (χ1n) is 7.45. The van der Waals surface area contributed by atoms with Crippen molar-refractivity contribution in [2.75, 3.05) is 27.3 Å². The van der Waals surface area contributed by atoms with Gasteiger partial charge in [-0.05, 0) is 30.5 Å². The monoisotopic (exact) mass is 455 g/mol. The van der Waals surface area contributed by atoms with Gasteiger partial charge in [0, 0.05) is 20.1 Å². The maximum Gasteiger partial charge on any atom is 0.191 e. The maximum absolute atomic E-state index is 6.27. The fourth-order valence-corrected chi connectivity index (χ4v) is 2.15. The Bertz CT molecular complexity index is 510. The number of hydrogen-bond acceptors (Lipinski definition) is 3. The number of rotatable bonds is 7. The van der Waals surface area contributed by atoms with E-state index in [-0.39, 0.29) is 24.0 Å². The van der Waals surface area contributed by atoms with Crippen molar-refractivity contribution in [2.45, 2.75) is 27.3 Å². The third-order valence-electron chi connectivity index (χ3n) is 2.94. The summed E-state index contributed by atoms with van der Waals surface area (Å²) in [7, 11) is 3.36. The molecule has 0 heterocycles. The largest absolute Gasteiger partial charge is 0.493 e. The summed E-state index contributed by atoms with van der Waals surface area (Å²) in [5.41, 5.74) is 0.998. The quantitative estimate of drug-likeness (QED) is 0.374. The molecule has 0 spiro atoms. The molecule has 0 bridgehead atoms. The maximum atomic E-state index is 6.27. The number of nitrogens with zero attached hydrogens (tertiary/aromatic N) is 1. The first-order valence-corrected chi connectivity index (χ1v) is 7.83. The van der Waals surface area contributed by atoms with Crippen molar-refractivity contribution in [2.24, 2.45) is 10.9 Å². The van der Waals surface area contributed by atoms with Gasteiger partial charge in [-0.3, -0.25) is 4.99 Å². The SMILES string of the molecule is CCOc1c(Cl)cc(CNC(=NC)NCC(C)C)cc1OC.I. The van der Waals surface area contributed by atoms with Crippen LogP contribution >= 0.6 is 35.6 Å². The Morgan fingerprint density at radius 3 is 2.52 bits per heavy atom. The summed E-state index contributed by atoms with van der Waals surface area (Å²) in [6, 6.07) is 3.79. The molecule has 1 rings (SSSR count). The molecule has 7 heteroatoms. The number of nitrogens with one attached hydrogen (secondary N) is 2. The van der Waals surface area contributed by atoms with E-state index in [0.717, 1.165) is 18.1 Å². The van der Waals surface area contributed by atoms with Crippen LogP contribution < -0.4 is 20.1 Å². The summed E-state index contributed by atoms with van der Waals surface area (Å²) in [4.78, 5) is 4.19. The first kappa shape index (κ1) is 22.1. The molecule has 0 atom stereocenters. The van der Waals surface area contributed by atoms with Gasteiger partial charge in [0.25, 0.3) is 0 Å². The third-order valence-corrected chi connectivity index (χ3v) is 3.22. The number of guanidine groups is 1. The molecule has 0 aliphatic carbocycles. The lowest BCUT2D eigenvalue weighted by Gasteiger charge is -2.16. The van der Waals surface area contributed by atoms with Crippen LogP contribution in [0.4, 0.5) is 0 Å². The topological polar surface area (TPSA) is 54.9 Å². The van der Waals surface area contributed by atoms with Crippen LogP contribution in [0.2, 0.25) is 5.02 Å². The Balaban J connectivity index is 0.00000484. The fourth-order valence-electron chi connectivity index (χ4n) is 1.87. The van der Waals surface area contributed by atoms with Crippen LogP contribution in [-0.2, 0) is 6.54 Å². The standard InChI is InChI=1S/C16H26ClN3O2.HI/c1-6-22-15-13(17)7-12(8-14(15)21-5)10-20-16(18-4)19-9-11(2)3;/h7-8,11H,6,9-10H2,1-5H3,(H2,18,19,20);1H. The van der Waals surface area contributed by atoms with Crippen molar-refractivity contribution in [3.63, 3.8) is 0 Å². The summed E-state index contributed by atoms with van der Waals surface area (Å²) >= 11 is 6.27. The minimum atomic E-state index is 0. The molecule has 0 aliphatic heterocycles. The van der Waals surface area contributed by atoms with E-state index in [4.69, 9.17) is 21.1 Å². The molecule has 0 saturated carbocycles. The van der Waals surface area contributed by atoms with E-state index in [1.165, 1.54) is 0 Å². The number of benzene rings is 1. The Morgan fingerprint density at radius 1 is 1.30 bits per heavy atom. The third kappa shape index (κ3) is 7.48. The van der Waals surface area contributed by atoms with Crippen molar-refractivity contribution in [3.8, 4) is 11.5 Å². The molecule has 0 aliphatic rings. The Kier molecular flexibility index (Phi) is 11.2. The van der Waals surface area contributed by atoms with Crippen molar-refractivity contribution >= 4 is 41.5 Å². The number of hydrogen-bond donors (Lipinski definition) is 2. The van der Waals surface area contributed by atoms with Crippen LogP contribution in [-0.4, -0.2) is 33.3 Å². The zero-order valence-corrected chi connectivity index (χ0v) is 17.5. The van der Waals surface area contributed by atoms with Gasteiger partial charge in [0.05, 0.1) is 18.7 Å². The summed E-state index contributed by atoms with van der Waals surface area (Å²) in [6.07, 6.45) is 0. The predicted octanol–water partition coefficient (Wildman–Crippen LogP) is 3.69. The van der Waals surface area contributed by atoms with Gasteiger partial charge in [-0.15, -0.1) is 24.0 Å². The molecule has 0 amide bonds. The smallest absolute Gasteiger partial charge is 0.191 e. The minimum absolute atomic E-state index is 0. The van der Waals surface area contributed by atoms with Crippen LogP contribution in [0.15, 0.2) is 17.1 Å². The van der Waals surface area contributed by atoms with Gasteiger partial charge in [0.2, 0.25) is 0 Å². The Labute approximate surface area is 161 Å². The van der Waals surface area contributed by atoms with E-state index in [1.807, 2.05) is 19.1 Å². The van der Waals surface area contributed by atoms with Crippen LogP contribution in [0.25, 0.3) is 0 Å². The Hall–Kier alpha value is -0.890. The fraction of sp³-hybridized carbons (Fsp3) is 0.562. The summed E-state index contributed by atoms with van der Waals surface area (Å²) in [5, 5.41) is 7.06. The lowest BCUT2D eigenvalue weighted by Crippen LogP contribution is -2.38. The number of halogens is 2.